The average molecular weight is 519 g/mol. The number of hydrogen-bond donors (Lipinski definition) is 2. The van der Waals surface area contributed by atoms with Gasteiger partial charge in [-0.15, -0.1) is 0 Å². The van der Waals surface area contributed by atoms with E-state index in [2.05, 4.69) is 97.7 Å². The van der Waals surface area contributed by atoms with E-state index in [9.17, 15) is 4.79 Å². The van der Waals surface area contributed by atoms with Gasteiger partial charge in [0, 0.05) is 6.20 Å². The van der Waals surface area contributed by atoms with Crippen LogP contribution in [0.15, 0.2) is 24.4 Å². The second-order valence-electron chi connectivity index (χ2n) is 13.7. The van der Waals surface area contributed by atoms with Gasteiger partial charge in [-0.3, -0.25) is 4.79 Å². The third-order valence-corrected chi connectivity index (χ3v) is 7.25. The minimum atomic E-state index is -0.310. The zero-order chi connectivity index (χ0) is 26.8. The minimum Gasteiger partial charge on any atom is -0.492 e. The van der Waals surface area contributed by atoms with Crippen molar-refractivity contribution in [2.45, 2.75) is 99.8 Å². The number of amides is 1. The van der Waals surface area contributed by atoms with E-state index in [1.165, 1.54) is 22.5 Å². The van der Waals surface area contributed by atoms with Crippen LogP contribution >= 0.6 is 23.6 Å². The van der Waals surface area contributed by atoms with Gasteiger partial charge < -0.3 is 15.0 Å². The zero-order valence-corrected chi connectivity index (χ0v) is 25.3. The van der Waals surface area contributed by atoms with Crippen molar-refractivity contribution in [2.24, 2.45) is 16.7 Å². The Balaban J connectivity index is 2.34. The lowest BCUT2D eigenvalue weighted by molar-refractivity contribution is -0.120. The summed E-state index contributed by atoms with van der Waals surface area (Å²) in [5.74, 6) is 0.501. The van der Waals surface area contributed by atoms with Gasteiger partial charge in [0.05, 0.1) is 12.5 Å². The van der Waals surface area contributed by atoms with Crippen LogP contribution in [0.4, 0.5) is 5.00 Å². The van der Waals surface area contributed by atoms with E-state index in [1.807, 2.05) is 6.92 Å². The first-order valence-corrected chi connectivity index (χ1v) is 13.8. The number of nitrogens with one attached hydrogen (secondary N) is 2. The fourth-order valence-electron chi connectivity index (χ4n) is 5.35. The Morgan fingerprint density at radius 1 is 1.00 bits per heavy atom. The molecule has 4 nitrogen and oxygen atoms in total. The quantitative estimate of drug-likeness (QED) is 0.326. The van der Waals surface area contributed by atoms with Crippen LogP contribution in [0.25, 0.3) is 0 Å². The second-order valence-corrected chi connectivity index (χ2v) is 15.4. The van der Waals surface area contributed by atoms with Crippen LogP contribution in [-0.4, -0.2) is 17.5 Å². The third-order valence-electron chi connectivity index (χ3n) is 6.14. The molecule has 0 bridgehead atoms. The van der Waals surface area contributed by atoms with E-state index in [0.717, 1.165) is 23.6 Å². The maximum Gasteiger partial charge on any atom is 0.231 e. The van der Waals surface area contributed by atoms with E-state index in [1.54, 1.807) is 6.20 Å². The maximum absolute atomic E-state index is 12.8. The standard InChI is InChI=1S/C29H46N2O2S2/c1-19(24(32)31-23-15-30-25(34)35-23)16-33-22-14-20(28(8,9)17-26(2,3)4)12-13-21(22)29(10,11)18-27(5,6)7/h12-15,19H,16-18H2,1-11H3,(H,30,34)(H,31,32). The summed E-state index contributed by atoms with van der Waals surface area (Å²) in [7, 11) is 0. The lowest BCUT2D eigenvalue weighted by Gasteiger charge is -2.36. The van der Waals surface area contributed by atoms with Gasteiger partial charge in [-0.1, -0.05) is 99.6 Å². The number of ether oxygens (including phenoxy) is 1. The third kappa shape index (κ3) is 9.05. The van der Waals surface area contributed by atoms with Crippen molar-refractivity contribution in [1.82, 2.24) is 4.98 Å². The molecule has 0 saturated heterocycles. The molecule has 1 atom stereocenters. The van der Waals surface area contributed by atoms with Crippen molar-refractivity contribution in [2.75, 3.05) is 11.9 Å². The first kappa shape index (κ1) is 29.6. The summed E-state index contributed by atoms with van der Waals surface area (Å²) >= 11 is 6.47. The van der Waals surface area contributed by atoms with Crippen LogP contribution in [0, 0.1) is 20.7 Å². The fourth-order valence-corrected chi connectivity index (χ4v) is 6.27. The Morgan fingerprint density at radius 3 is 2.09 bits per heavy atom. The van der Waals surface area contributed by atoms with Gasteiger partial charge in [-0.05, 0) is 63.9 Å². The van der Waals surface area contributed by atoms with Crippen molar-refractivity contribution >= 4 is 34.5 Å². The molecular formula is C29H46N2O2S2. The summed E-state index contributed by atoms with van der Waals surface area (Å²) in [6.07, 6.45) is 3.81. The van der Waals surface area contributed by atoms with E-state index in [4.69, 9.17) is 17.0 Å². The van der Waals surface area contributed by atoms with Gasteiger partial charge in [-0.2, -0.15) is 0 Å². The summed E-state index contributed by atoms with van der Waals surface area (Å²) in [6, 6.07) is 6.74. The Bertz CT molecular complexity index is 1070. The molecule has 1 amide bonds. The summed E-state index contributed by atoms with van der Waals surface area (Å²) in [6.45, 7) is 25.1. The Kier molecular flexibility index (Phi) is 9.09. The number of carbonyl (C=O) groups is 1. The summed E-state index contributed by atoms with van der Waals surface area (Å²) in [5.41, 5.74) is 2.79. The first-order chi connectivity index (χ1) is 15.8. The normalized spacial score (nSPS) is 14.0. The molecule has 2 rings (SSSR count). The summed E-state index contributed by atoms with van der Waals surface area (Å²) < 4.78 is 7.09. The highest BCUT2D eigenvalue weighted by Gasteiger charge is 2.33. The number of aromatic nitrogens is 1. The molecule has 0 fully saturated rings. The number of hydrogen-bond acceptors (Lipinski definition) is 4. The predicted octanol–water partition coefficient (Wildman–Crippen LogP) is 8.89. The zero-order valence-electron chi connectivity index (χ0n) is 23.6. The van der Waals surface area contributed by atoms with Crippen molar-refractivity contribution < 1.29 is 9.53 Å². The van der Waals surface area contributed by atoms with E-state index in [0.29, 0.717) is 10.6 Å². The molecule has 6 heteroatoms. The number of thiazole rings is 1. The van der Waals surface area contributed by atoms with E-state index >= 15 is 0 Å². The molecule has 0 aliphatic carbocycles. The Hall–Kier alpha value is -1.66. The molecule has 0 aliphatic heterocycles. The second kappa shape index (κ2) is 10.8. The van der Waals surface area contributed by atoms with E-state index in [-0.39, 0.29) is 33.5 Å². The number of aromatic amines is 1. The largest absolute Gasteiger partial charge is 0.492 e. The predicted molar refractivity (Wildman–Crippen MR) is 153 cm³/mol. The maximum atomic E-state index is 12.8. The smallest absolute Gasteiger partial charge is 0.231 e. The fraction of sp³-hybridized carbons (Fsp3) is 0.655. The highest BCUT2D eigenvalue weighted by molar-refractivity contribution is 7.73. The monoisotopic (exact) mass is 518 g/mol. The van der Waals surface area contributed by atoms with Gasteiger partial charge in [0.25, 0.3) is 0 Å². The summed E-state index contributed by atoms with van der Waals surface area (Å²) in [5, 5.41) is 3.66. The molecule has 1 unspecified atom stereocenters. The Labute approximate surface area is 222 Å². The highest BCUT2D eigenvalue weighted by Crippen LogP contribution is 2.43. The molecule has 0 aliphatic rings. The summed E-state index contributed by atoms with van der Waals surface area (Å²) in [4.78, 5) is 15.7. The van der Waals surface area contributed by atoms with Crippen LogP contribution < -0.4 is 10.1 Å². The highest BCUT2D eigenvalue weighted by atomic mass is 32.1. The van der Waals surface area contributed by atoms with Crippen LogP contribution in [-0.2, 0) is 15.6 Å². The van der Waals surface area contributed by atoms with Crippen molar-refractivity contribution in [3.63, 3.8) is 0 Å². The molecule has 2 N–H and O–H groups in total. The number of carbonyl (C=O) groups excluding carboxylic acids is 1. The molecule has 196 valence electrons. The van der Waals surface area contributed by atoms with Crippen LogP contribution in [0.2, 0.25) is 0 Å². The van der Waals surface area contributed by atoms with Crippen LogP contribution in [0.1, 0.15) is 100 Å². The molecular weight excluding hydrogens is 472 g/mol. The molecule has 1 aromatic carbocycles. The SMILES string of the molecule is CC(COc1cc(C(C)(C)CC(C)(C)C)ccc1C(C)(C)CC(C)(C)C)C(=O)Nc1c[nH]c(=S)s1. The average Bonchev–Trinajstić information content (AvgIpc) is 3.06. The number of anilines is 1. The van der Waals surface area contributed by atoms with Gasteiger partial charge in [0.15, 0.2) is 3.95 Å². The number of H-pyrrole nitrogens is 1. The van der Waals surface area contributed by atoms with Crippen molar-refractivity contribution in [3.8, 4) is 5.75 Å². The van der Waals surface area contributed by atoms with E-state index < -0.39 is 0 Å². The van der Waals surface area contributed by atoms with Gasteiger partial charge in [-0.25, -0.2) is 0 Å². The molecule has 0 spiro atoms. The minimum absolute atomic E-state index is 0.00361. The van der Waals surface area contributed by atoms with Gasteiger partial charge >= 0.3 is 0 Å². The van der Waals surface area contributed by atoms with Crippen LogP contribution in [0.3, 0.4) is 0 Å². The first-order valence-electron chi connectivity index (χ1n) is 12.6. The molecule has 0 saturated carbocycles. The van der Waals surface area contributed by atoms with Crippen LogP contribution in [0.5, 0.6) is 5.75 Å². The lowest BCUT2D eigenvalue weighted by Crippen LogP contribution is -2.29. The molecule has 1 aromatic heterocycles. The van der Waals surface area contributed by atoms with Crippen molar-refractivity contribution in [3.05, 3.63) is 39.5 Å². The number of benzene rings is 1. The number of rotatable bonds is 9. The Morgan fingerprint density at radius 2 is 1.57 bits per heavy atom. The molecule has 1 heterocycles. The molecule has 2 aromatic rings. The van der Waals surface area contributed by atoms with Gasteiger partial charge in [0.1, 0.15) is 10.8 Å². The molecule has 0 radical (unpaired) electrons. The van der Waals surface area contributed by atoms with Crippen molar-refractivity contribution in [1.29, 1.82) is 0 Å². The lowest BCUT2D eigenvalue weighted by atomic mass is 9.69. The molecule has 35 heavy (non-hydrogen) atoms. The van der Waals surface area contributed by atoms with Gasteiger partial charge in [0.2, 0.25) is 5.91 Å². The topological polar surface area (TPSA) is 54.1 Å².